The molecule has 130 valence electrons. The maximum Gasteiger partial charge on any atom is 0.372 e. The number of rotatable bonds is 6. The smallest absolute Gasteiger partial charge is 0.372 e. The molecule has 24 heavy (non-hydrogen) atoms. The average molecular weight is 353 g/mol. The molecule has 0 aliphatic rings. The lowest BCUT2D eigenvalue weighted by Gasteiger charge is -2.16. The number of benzene rings is 1. The molecule has 1 aromatic rings. The van der Waals surface area contributed by atoms with Gasteiger partial charge in [-0.15, -0.1) is 4.40 Å². The van der Waals surface area contributed by atoms with Crippen molar-refractivity contribution in [2.45, 2.75) is 18.7 Å². The molecule has 0 saturated carbocycles. The van der Waals surface area contributed by atoms with Crippen molar-refractivity contribution in [1.82, 2.24) is 4.90 Å². The van der Waals surface area contributed by atoms with Gasteiger partial charge in [-0.3, -0.25) is 0 Å². The second-order valence-electron chi connectivity index (χ2n) is 4.50. The molecular formula is C14H21N6O3S+. The lowest BCUT2D eigenvalue weighted by molar-refractivity contribution is -0.110. The van der Waals surface area contributed by atoms with E-state index < -0.39 is 16.0 Å². The molecule has 0 unspecified atom stereocenters. The topological polar surface area (TPSA) is 135 Å². The Balaban J connectivity index is 3.19. The van der Waals surface area contributed by atoms with Crippen LogP contribution in [0.4, 0.5) is 0 Å². The highest BCUT2D eigenvalue weighted by molar-refractivity contribution is 7.90. The van der Waals surface area contributed by atoms with Crippen LogP contribution in [0, 0.1) is 5.53 Å². The van der Waals surface area contributed by atoms with Gasteiger partial charge in [-0.1, -0.05) is 0 Å². The zero-order valence-electron chi connectivity index (χ0n) is 13.8. The summed E-state index contributed by atoms with van der Waals surface area (Å²) < 4.78 is 32.9. The van der Waals surface area contributed by atoms with Crippen LogP contribution in [0.15, 0.2) is 38.6 Å². The van der Waals surface area contributed by atoms with Gasteiger partial charge < -0.3 is 15.4 Å². The standard InChI is InChI=1S/C14H21N6O3S/c1-4-20(5-2)13(10-17-16)18-14(15)19-24(21,22)12-8-6-11(23-3)7-9-12/h6-10,16H,4-5H2,1-3H3,(H2,15,19)/q+1/b18-13+. The summed E-state index contributed by atoms with van der Waals surface area (Å²) >= 11 is 0. The van der Waals surface area contributed by atoms with Crippen LogP contribution in [0.5, 0.6) is 5.75 Å². The summed E-state index contributed by atoms with van der Waals surface area (Å²) in [5, 5.41) is 0. The zero-order valence-corrected chi connectivity index (χ0v) is 14.6. The van der Waals surface area contributed by atoms with E-state index in [4.69, 9.17) is 16.0 Å². The number of ether oxygens (including phenoxy) is 1. The minimum atomic E-state index is -3.99. The van der Waals surface area contributed by atoms with Crippen LogP contribution < -0.4 is 10.5 Å². The Hall–Kier alpha value is -2.71. The molecule has 3 N–H and O–H groups in total. The summed E-state index contributed by atoms with van der Waals surface area (Å²) in [5.41, 5.74) is 12.6. The van der Waals surface area contributed by atoms with E-state index in [0.717, 1.165) is 0 Å². The number of nitrogens with two attached hydrogens (primary N) is 1. The van der Waals surface area contributed by atoms with Crippen molar-refractivity contribution in [3.8, 4) is 5.75 Å². The number of nitrogens with zero attached hydrogens (tertiary/aromatic N) is 4. The summed E-state index contributed by atoms with van der Waals surface area (Å²) in [6.45, 7) is 4.97. The lowest BCUT2D eigenvalue weighted by atomic mass is 10.3. The minimum Gasteiger partial charge on any atom is -0.497 e. The van der Waals surface area contributed by atoms with E-state index in [1.54, 1.807) is 4.90 Å². The molecule has 0 heterocycles. The third kappa shape index (κ3) is 5.18. The van der Waals surface area contributed by atoms with Crippen molar-refractivity contribution in [3.63, 3.8) is 0 Å². The maximum absolute atomic E-state index is 12.2. The molecule has 0 aromatic heterocycles. The van der Waals surface area contributed by atoms with Gasteiger partial charge in [0.2, 0.25) is 11.8 Å². The molecule has 0 bridgehead atoms. The van der Waals surface area contributed by atoms with E-state index in [0.29, 0.717) is 18.8 Å². The van der Waals surface area contributed by atoms with Crippen molar-refractivity contribution < 1.29 is 17.9 Å². The van der Waals surface area contributed by atoms with Gasteiger partial charge in [0.05, 0.1) is 22.3 Å². The molecular weight excluding hydrogens is 332 g/mol. The maximum atomic E-state index is 12.2. The van der Waals surface area contributed by atoms with E-state index in [2.05, 4.69) is 14.2 Å². The molecule has 10 heteroatoms. The van der Waals surface area contributed by atoms with E-state index >= 15 is 0 Å². The first-order valence-electron chi connectivity index (χ1n) is 7.15. The summed E-state index contributed by atoms with van der Waals surface area (Å²) in [6, 6.07) is 5.75. The van der Waals surface area contributed by atoms with E-state index in [-0.39, 0.29) is 10.7 Å². The lowest BCUT2D eigenvalue weighted by Crippen LogP contribution is -2.33. The molecule has 0 fully saturated rings. The molecule has 0 radical (unpaired) electrons. The summed E-state index contributed by atoms with van der Waals surface area (Å²) in [6.07, 6.45) is 1.18. The van der Waals surface area contributed by atoms with Crippen LogP contribution in [0.3, 0.4) is 0 Å². The molecule has 9 nitrogen and oxygen atoms in total. The molecule has 0 aliphatic heterocycles. The van der Waals surface area contributed by atoms with Crippen LogP contribution in [0.1, 0.15) is 13.8 Å². The van der Waals surface area contributed by atoms with Crippen LogP contribution in [0.25, 0.3) is 0 Å². The van der Waals surface area contributed by atoms with Crippen molar-refractivity contribution in [2.75, 3.05) is 20.2 Å². The van der Waals surface area contributed by atoms with Crippen molar-refractivity contribution in [1.29, 1.82) is 5.53 Å². The molecule has 1 aromatic carbocycles. The van der Waals surface area contributed by atoms with Crippen molar-refractivity contribution >= 4 is 28.0 Å². The highest BCUT2D eigenvalue weighted by Gasteiger charge is 2.16. The Kier molecular flexibility index (Phi) is 7.09. The highest BCUT2D eigenvalue weighted by atomic mass is 32.2. The van der Waals surface area contributed by atoms with Crippen LogP contribution >= 0.6 is 0 Å². The zero-order chi connectivity index (χ0) is 18.2. The summed E-state index contributed by atoms with van der Waals surface area (Å²) in [5.74, 6) is 0.355. The van der Waals surface area contributed by atoms with E-state index in [9.17, 15) is 8.42 Å². The van der Waals surface area contributed by atoms with Gasteiger partial charge in [0.1, 0.15) is 5.75 Å². The second kappa shape index (κ2) is 8.80. The van der Waals surface area contributed by atoms with Gasteiger partial charge in [-0.2, -0.15) is 13.4 Å². The number of sulfonamides is 1. The fourth-order valence-corrected chi connectivity index (χ4v) is 2.72. The molecule has 0 aliphatic carbocycles. The summed E-state index contributed by atoms with van der Waals surface area (Å²) in [7, 11) is -2.51. The number of aliphatic imine (C=N–C) groups is 1. The van der Waals surface area contributed by atoms with Crippen LogP contribution in [0.2, 0.25) is 0 Å². The van der Waals surface area contributed by atoms with E-state index in [1.165, 1.54) is 37.6 Å². The summed E-state index contributed by atoms with van der Waals surface area (Å²) in [4.78, 5) is 8.84. The fourth-order valence-electron chi connectivity index (χ4n) is 1.85. The number of hydrogen-bond acceptors (Lipinski definition) is 4. The monoisotopic (exact) mass is 353 g/mol. The minimum absolute atomic E-state index is 0.0278. The van der Waals surface area contributed by atoms with Crippen molar-refractivity contribution in [3.05, 3.63) is 24.3 Å². The number of hydrogen-bond donors (Lipinski definition) is 2. The average Bonchev–Trinajstić information content (AvgIpc) is 2.55. The largest absolute Gasteiger partial charge is 0.497 e. The Bertz CT molecular complexity index is 760. The SMILES string of the molecule is CCN(CC)/C(C=[N+]=N)=N/C(N)=N/S(=O)(=O)c1ccc(OC)cc1. The predicted molar refractivity (Wildman–Crippen MR) is 91.2 cm³/mol. The Morgan fingerprint density at radius 2 is 1.92 bits per heavy atom. The Labute approximate surface area is 141 Å². The van der Waals surface area contributed by atoms with Gasteiger partial charge in [-0.05, 0) is 38.1 Å². The van der Waals surface area contributed by atoms with Crippen LogP contribution in [-0.4, -0.2) is 56.3 Å². The highest BCUT2D eigenvalue weighted by Crippen LogP contribution is 2.17. The number of methoxy groups -OCH3 is 1. The van der Waals surface area contributed by atoms with Crippen LogP contribution in [-0.2, 0) is 10.0 Å². The second-order valence-corrected chi connectivity index (χ2v) is 6.10. The molecule has 0 atom stereocenters. The number of nitrogens with one attached hydrogen (secondary N) is 1. The Morgan fingerprint density at radius 3 is 2.38 bits per heavy atom. The fraction of sp³-hybridized carbons (Fsp3) is 0.357. The van der Waals surface area contributed by atoms with Gasteiger partial charge in [0.25, 0.3) is 10.0 Å². The van der Waals surface area contributed by atoms with Gasteiger partial charge in [0.15, 0.2) is 0 Å². The molecule has 0 spiro atoms. The number of guanidine groups is 1. The molecule has 1 rings (SSSR count). The molecule has 0 amide bonds. The van der Waals surface area contributed by atoms with Crippen molar-refractivity contribution in [2.24, 2.45) is 15.1 Å². The first kappa shape index (κ1) is 19.3. The quantitative estimate of drug-likeness (QED) is 0.337. The Morgan fingerprint density at radius 1 is 1.33 bits per heavy atom. The predicted octanol–water partition coefficient (Wildman–Crippen LogP) is 0.749. The normalized spacial score (nSPS) is 12.5. The number of amidine groups is 1. The third-order valence-corrected chi connectivity index (χ3v) is 4.36. The van der Waals surface area contributed by atoms with Gasteiger partial charge in [-0.25, -0.2) is 0 Å². The van der Waals surface area contributed by atoms with E-state index in [1.807, 2.05) is 13.8 Å². The first-order chi connectivity index (χ1) is 11.4. The molecule has 0 saturated heterocycles. The third-order valence-electron chi connectivity index (χ3n) is 3.07. The van der Waals surface area contributed by atoms with Gasteiger partial charge in [0, 0.05) is 13.1 Å². The first-order valence-corrected chi connectivity index (χ1v) is 8.59. The van der Waals surface area contributed by atoms with Gasteiger partial charge >= 0.3 is 6.21 Å².